The van der Waals surface area contributed by atoms with Gasteiger partial charge in [-0.15, -0.1) is 11.8 Å². The fraction of sp³-hybridized carbons (Fsp3) is 0.516. The average molecular weight is 607 g/mol. The van der Waals surface area contributed by atoms with Gasteiger partial charge in [0.25, 0.3) is 0 Å². The monoisotopic (exact) mass is 606 g/mol. The highest BCUT2D eigenvalue weighted by Gasteiger charge is 2.48. The molecule has 2 fully saturated rings. The van der Waals surface area contributed by atoms with Crippen molar-refractivity contribution in [2.45, 2.75) is 61.1 Å². The Kier molecular flexibility index (Phi) is 8.18. The Morgan fingerprint density at radius 3 is 2.90 bits per heavy atom. The van der Waals surface area contributed by atoms with Crippen molar-refractivity contribution in [2.24, 2.45) is 0 Å². The van der Waals surface area contributed by atoms with E-state index in [9.17, 15) is 14.9 Å². The summed E-state index contributed by atoms with van der Waals surface area (Å²) in [5, 5.41) is 10.3. The summed E-state index contributed by atoms with van der Waals surface area (Å²) in [6, 6.07) is 8.33. The maximum Gasteiger partial charge on any atom is 0.319 e. The van der Waals surface area contributed by atoms with Crippen molar-refractivity contribution >= 4 is 40.9 Å². The smallest absolute Gasteiger partial charge is 0.319 e. The Labute approximate surface area is 255 Å². The van der Waals surface area contributed by atoms with Crippen LogP contribution in [-0.2, 0) is 23.4 Å². The minimum absolute atomic E-state index is 0.0138. The third kappa shape index (κ3) is 5.27. The van der Waals surface area contributed by atoms with E-state index < -0.39 is 4.75 Å². The molecule has 42 heavy (non-hydrogen) atoms. The second-order valence-electron chi connectivity index (χ2n) is 11.6. The summed E-state index contributed by atoms with van der Waals surface area (Å²) in [5.74, 6) is 1.19. The summed E-state index contributed by atoms with van der Waals surface area (Å²) in [5.41, 5.74) is 3.49. The molecule has 3 aliphatic heterocycles. The number of carbonyl (C=O) groups excluding carboxylic acids is 2. The van der Waals surface area contributed by atoms with Crippen LogP contribution in [0.1, 0.15) is 52.9 Å². The molecule has 0 N–H and O–H groups in total. The number of ether oxygens (including phenoxy) is 1. The third-order valence-electron chi connectivity index (χ3n) is 9.20. The fourth-order valence-electron chi connectivity index (χ4n) is 6.75. The van der Waals surface area contributed by atoms with Crippen molar-refractivity contribution in [3.8, 4) is 12.1 Å². The van der Waals surface area contributed by atoms with Crippen LogP contribution in [0.2, 0.25) is 5.02 Å². The lowest BCUT2D eigenvalue weighted by Gasteiger charge is -2.43. The van der Waals surface area contributed by atoms with E-state index in [1.807, 2.05) is 12.1 Å². The SMILES string of the molecule is C=CC(=O)N1CCN(c2nc(OCC3CCCN3C)nc3c2CC[C@@]2(Cc4cccc(Cl)c4CS2)C3=O)CC1CC#N. The second-order valence-corrected chi connectivity index (χ2v) is 13.4. The Bertz CT molecular complexity index is 1460. The zero-order valence-electron chi connectivity index (χ0n) is 23.9. The van der Waals surface area contributed by atoms with E-state index in [0.717, 1.165) is 41.1 Å². The number of amides is 1. The van der Waals surface area contributed by atoms with E-state index in [-0.39, 0.29) is 36.2 Å². The molecule has 220 valence electrons. The van der Waals surface area contributed by atoms with Crippen LogP contribution in [0.25, 0.3) is 0 Å². The van der Waals surface area contributed by atoms with Crippen LogP contribution in [0, 0.1) is 11.3 Å². The van der Waals surface area contributed by atoms with Crippen molar-refractivity contribution in [1.29, 1.82) is 5.26 Å². The van der Waals surface area contributed by atoms with Gasteiger partial charge in [-0.2, -0.15) is 15.2 Å². The largest absolute Gasteiger partial charge is 0.462 e. The molecule has 1 aromatic heterocycles. The molecule has 3 atom stereocenters. The lowest BCUT2D eigenvalue weighted by Crippen LogP contribution is -2.55. The van der Waals surface area contributed by atoms with Crippen LogP contribution >= 0.6 is 23.4 Å². The highest BCUT2D eigenvalue weighted by molar-refractivity contribution is 8.00. The molecule has 2 saturated heterocycles. The molecule has 6 rings (SSSR count). The number of aromatic nitrogens is 2. The molecule has 4 aliphatic rings. The summed E-state index contributed by atoms with van der Waals surface area (Å²) in [7, 11) is 2.09. The molecule has 2 aromatic rings. The summed E-state index contributed by atoms with van der Waals surface area (Å²) in [4.78, 5) is 42.7. The predicted octanol–water partition coefficient (Wildman–Crippen LogP) is 4.08. The topological polar surface area (TPSA) is 103 Å². The number of likely N-dealkylation sites (N-methyl/N-ethyl adjacent to an activating group) is 1. The normalized spacial score (nSPS) is 25.6. The maximum atomic E-state index is 14.4. The van der Waals surface area contributed by atoms with Gasteiger partial charge in [0.15, 0.2) is 5.78 Å². The van der Waals surface area contributed by atoms with Crippen LogP contribution in [0.4, 0.5) is 5.82 Å². The Morgan fingerprint density at radius 1 is 1.29 bits per heavy atom. The van der Waals surface area contributed by atoms with Crippen molar-refractivity contribution in [3.63, 3.8) is 0 Å². The standard InChI is InChI=1S/C31H35ClN6O3S/c1-3-26(39)38-15-14-37(17-21(38)10-12-33)29-23-9-11-31(16-20-6-4-8-25(32)24(20)19-42-31)28(40)27(23)34-30(35-29)41-18-22-7-5-13-36(22)2/h3-4,6,8,21-22H,1,5,7,9-11,13-19H2,2H3/t21?,22?,31-/m1/s1. The molecule has 0 saturated carbocycles. The lowest BCUT2D eigenvalue weighted by atomic mass is 9.80. The Morgan fingerprint density at radius 2 is 2.14 bits per heavy atom. The van der Waals surface area contributed by atoms with Gasteiger partial charge < -0.3 is 19.4 Å². The van der Waals surface area contributed by atoms with E-state index in [1.165, 1.54) is 6.08 Å². The second kappa shape index (κ2) is 11.9. The van der Waals surface area contributed by atoms with E-state index in [4.69, 9.17) is 26.3 Å². The Balaban J connectivity index is 1.35. The number of piperazine rings is 1. The van der Waals surface area contributed by atoms with Crippen molar-refractivity contribution in [1.82, 2.24) is 19.8 Å². The van der Waals surface area contributed by atoms with Crippen molar-refractivity contribution in [2.75, 3.05) is 44.7 Å². The molecule has 1 amide bonds. The molecule has 11 heteroatoms. The van der Waals surface area contributed by atoms with Crippen LogP contribution in [0.5, 0.6) is 6.01 Å². The predicted molar refractivity (Wildman–Crippen MR) is 163 cm³/mol. The number of fused-ring (bicyclic) bond motifs is 2. The van der Waals surface area contributed by atoms with Gasteiger partial charge in [0.05, 0.1) is 23.3 Å². The fourth-order valence-corrected chi connectivity index (χ4v) is 8.59. The van der Waals surface area contributed by atoms with E-state index in [0.29, 0.717) is 62.8 Å². The molecule has 1 spiro atoms. The number of carbonyl (C=O) groups is 2. The number of anilines is 1. The summed E-state index contributed by atoms with van der Waals surface area (Å²) in [6.07, 6.45) is 5.60. The minimum atomic E-state index is -0.613. The van der Waals surface area contributed by atoms with Gasteiger partial charge in [-0.3, -0.25) is 9.59 Å². The first-order valence-corrected chi connectivity index (χ1v) is 15.9. The van der Waals surface area contributed by atoms with Crippen LogP contribution < -0.4 is 9.64 Å². The number of Topliss-reactive ketones (excluding diaryl/α,β-unsaturated/α-hetero) is 1. The molecule has 1 aliphatic carbocycles. The summed E-state index contributed by atoms with van der Waals surface area (Å²) >= 11 is 8.16. The molecular formula is C31H35ClN6O3S. The molecular weight excluding hydrogens is 572 g/mol. The molecule has 0 bridgehead atoms. The van der Waals surface area contributed by atoms with Crippen LogP contribution in [0.15, 0.2) is 30.9 Å². The first kappa shape index (κ1) is 29.0. The van der Waals surface area contributed by atoms with Gasteiger partial charge in [-0.25, -0.2) is 0 Å². The number of nitriles is 1. The summed E-state index contributed by atoms with van der Waals surface area (Å²) < 4.78 is 5.59. The number of ketones is 1. The minimum Gasteiger partial charge on any atom is -0.462 e. The molecule has 1 aromatic carbocycles. The zero-order valence-corrected chi connectivity index (χ0v) is 25.4. The number of nitrogens with zero attached hydrogens (tertiary/aromatic N) is 6. The highest BCUT2D eigenvalue weighted by atomic mass is 35.5. The van der Waals surface area contributed by atoms with Gasteiger partial charge >= 0.3 is 6.01 Å². The first-order valence-electron chi connectivity index (χ1n) is 14.6. The summed E-state index contributed by atoms with van der Waals surface area (Å²) in [6.45, 7) is 6.50. The molecule has 0 radical (unpaired) electrons. The molecule has 2 unspecified atom stereocenters. The molecule has 9 nitrogen and oxygen atoms in total. The zero-order chi connectivity index (χ0) is 29.4. The van der Waals surface area contributed by atoms with Gasteiger partial charge in [0.1, 0.15) is 18.1 Å². The number of rotatable bonds is 6. The van der Waals surface area contributed by atoms with E-state index in [1.54, 1.807) is 16.7 Å². The lowest BCUT2D eigenvalue weighted by molar-refractivity contribution is -0.128. The third-order valence-corrected chi connectivity index (χ3v) is 11.1. The van der Waals surface area contributed by atoms with Crippen LogP contribution in [-0.4, -0.2) is 88.1 Å². The van der Waals surface area contributed by atoms with E-state index >= 15 is 0 Å². The van der Waals surface area contributed by atoms with Crippen molar-refractivity contribution in [3.05, 3.63) is 58.3 Å². The number of halogens is 1. The number of benzene rings is 1. The van der Waals surface area contributed by atoms with Crippen molar-refractivity contribution < 1.29 is 14.3 Å². The number of thioether (sulfide) groups is 1. The van der Waals surface area contributed by atoms with Gasteiger partial charge in [-0.1, -0.05) is 30.3 Å². The first-order chi connectivity index (χ1) is 20.3. The van der Waals surface area contributed by atoms with Crippen LogP contribution in [0.3, 0.4) is 0 Å². The quantitative estimate of drug-likeness (QED) is 0.450. The van der Waals surface area contributed by atoms with E-state index in [2.05, 4.69) is 35.6 Å². The maximum absolute atomic E-state index is 14.4. The average Bonchev–Trinajstić information content (AvgIpc) is 3.42. The molecule has 4 heterocycles. The Hall–Kier alpha value is -3.13. The number of likely N-dealkylation sites (tertiary alicyclic amines) is 1. The van der Waals surface area contributed by atoms with Gasteiger partial charge in [-0.05, 0) is 69.0 Å². The van der Waals surface area contributed by atoms with Gasteiger partial charge in [0, 0.05) is 42.0 Å². The highest BCUT2D eigenvalue weighted by Crippen LogP contribution is 2.49. The number of hydrogen-bond acceptors (Lipinski definition) is 9. The van der Waals surface area contributed by atoms with Gasteiger partial charge in [0.2, 0.25) is 5.91 Å². The number of hydrogen-bond donors (Lipinski definition) is 0.